The van der Waals surface area contributed by atoms with Gasteiger partial charge in [0.1, 0.15) is 0 Å². The van der Waals surface area contributed by atoms with E-state index in [1.54, 1.807) is 0 Å². The molecule has 1 aromatic carbocycles. The Morgan fingerprint density at radius 3 is 2.17 bits per heavy atom. The van der Waals surface area contributed by atoms with Crippen molar-refractivity contribution in [1.29, 1.82) is 0 Å². The molecule has 1 saturated heterocycles. The number of piperidine rings is 1. The van der Waals surface area contributed by atoms with Gasteiger partial charge in [0.15, 0.2) is 0 Å². The lowest BCUT2D eigenvalue weighted by Crippen LogP contribution is -2.48. The number of carbonyl (C=O) groups is 2. The standard InChI is InChI=1S/C26H38N2O2/c29-25(19-20-11-13-22(14-12-20)21-7-3-1-4-8-21)27-24-15-17-28(18-16-24)26(30)23-9-5-2-6-10-23/h1,3-4,7-8,20,22-24H,2,5-6,9-19H2,(H,27,29). The van der Waals surface area contributed by atoms with Crippen LogP contribution in [0, 0.1) is 11.8 Å². The molecular formula is C26H38N2O2. The van der Waals surface area contributed by atoms with Gasteiger partial charge in [0.2, 0.25) is 11.8 Å². The highest BCUT2D eigenvalue weighted by molar-refractivity contribution is 5.79. The molecule has 0 atom stereocenters. The van der Waals surface area contributed by atoms with Gasteiger partial charge in [-0.05, 0) is 68.8 Å². The summed E-state index contributed by atoms with van der Waals surface area (Å²) < 4.78 is 0. The maximum atomic E-state index is 12.7. The van der Waals surface area contributed by atoms with E-state index in [1.807, 2.05) is 0 Å². The van der Waals surface area contributed by atoms with E-state index in [0.29, 0.717) is 24.2 Å². The minimum atomic E-state index is 0.218. The van der Waals surface area contributed by atoms with Gasteiger partial charge in [-0.3, -0.25) is 9.59 Å². The summed E-state index contributed by atoms with van der Waals surface area (Å²) in [5, 5.41) is 3.27. The largest absolute Gasteiger partial charge is 0.353 e. The van der Waals surface area contributed by atoms with Gasteiger partial charge in [0.05, 0.1) is 0 Å². The van der Waals surface area contributed by atoms with Gasteiger partial charge in [-0.1, -0.05) is 49.6 Å². The van der Waals surface area contributed by atoms with Crippen LogP contribution in [0.15, 0.2) is 30.3 Å². The minimum Gasteiger partial charge on any atom is -0.353 e. The smallest absolute Gasteiger partial charge is 0.225 e. The van der Waals surface area contributed by atoms with Crippen LogP contribution in [0.25, 0.3) is 0 Å². The number of carbonyl (C=O) groups excluding carboxylic acids is 2. The molecule has 164 valence electrons. The molecule has 4 nitrogen and oxygen atoms in total. The van der Waals surface area contributed by atoms with Gasteiger partial charge in [-0.2, -0.15) is 0 Å². The highest BCUT2D eigenvalue weighted by Gasteiger charge is 2.30. The molecule has 4 rings (SSSR count). The zero-order chi connectivity index (χ0) is 20.8. The van der Waals surface area contributed by atoms with Crippen molar-refractivity contribution in [3.05, 3.63) is 35.9 Å². The maximum Gasteiger partial charge on any atom is 0.225 e. The first-order valence-corrected chi connectivity index (χ1v) is 12.3. The molecule has 0 radical (unpaired) electrons. The van der Waals surface area contributed by atoms with Crippen molar-refractivity contribution in [1.82, 2.24) is 10.2 Å². The Hall–Kier alpha value is -1.84. The second kappa shape index (κ2) is 10.5. The number of nitrogens with zero attached hydrogens (tertiary/aromatic N) is 1. The summed E-state index contributed by atoms with van der Waals surface area (Å²) in [7, 11) is 0. The van der Waals surface area contributed by atoms with Gasteiger partial charge < -0.3 is 10.2 Å². The summed E-state index contributed by atoms with van der Waals surface area (Å²) in [6.07, 6.45) is 13.0. The van der Waals surface area contributed by atoms with Crippen LogP contribution in [-0.4, -0.2) is 35.8 Å². The van der Waals surface area contributed by atoms with E-state index < -0.39 is 0 Å². The second-order valence-electron chi connectivity index (χ2n) is 9.83. The Labute approximate surface area is 181 Å². The van der Waals surface area contributed by atoms with Crippen molar-refractivity contribution in [2.45, 2.75) is 89.0 Å². The van der Waals surface area contributed by atoms with Crippen molar-refractivity contribution < 1.29 is 9.59 Å². The fourth-order valence-corrected chi connectivity index (χ4v) is 5.83. The fourth-order valence-electron chi connectivity index (χ4n) is 5.83. The maximum absolute atomic E-state index is 12.7. The molecule has 3 fully saturated rings. The van der Waals surface area contributed by atoms with Crippen LogP contribution in [0.1, 0.15) is 88.5 Å². The predicted molar refractivity (Wildman–Crippen MR) is 120 cm³/mol. The van der Waals surface area contributed by atoms with Crippen molar-refractivity contribution in [2.24, 2.45) is 11.8 Å². The van der Waals surface area contributed by atoms with Crippen LogP contribution in [0.3, 0.4) is 0 Å². The third-order valence-corrected chi connectivity index (χ3v) is 7.72. The number of benzene rings is 1. The zero-order valence-corrected chi connectivity index (χ0v) is 18.4. The van der Waals surface area contributed by atoms with Crippen molar-refractivity contribution in [2.75, 3.05) is 13.1 Å². The third kappa shape index (κ3) is 5.65. The molecule has 30 heavy (non-hydrogen) atoms. The molecule has 0 spiro atoms. The number of hydrogen-bond donors (Lipinski definition) is 1. The molecule has 0 unspecified atom stereocenters. The molecule has 2 saturated carbocycles. The van der Waals surface area contributed by atoms with E-state index in [2.05, 4.69) is 40.5 Å². The number of rotatable bonds is 5. The number of hydrogen-bond acceptors (Lipinski definition) is 2. The normalized spacial score (nSPS) is 26.3. The van der Waals surface area contributed by atoms with E-state index in [-0.39, 0.29) is 17.9 Å². The van der Waals surface area contributed by atoms with Crippen LogP contribution in [0.5, 0.6) is 0 Å². The third-order valence-electron chi connectivity index (χ3n) is 7.72. The Morgan fingerprint density at radius 1 is 0.833 bits per heavy atom. The Balaban J connectivity index is 1.15. The molecule has 0 bridgehead atoms. The molecule has 1 aromatic rings. The number of likely N-dealkylation sites (tertiary alicyclic amines) is 1. The summed E-state index contributed by atoms with van der Waals surface area (Å²) in [5.74, 6) is 2.04. The van der Waals surface area contributed by atoms with Crippen molar-refractivity contribution >= 4 is 11.8 Å². The molecule has 1 N–H and O–H groups in total. The Kier molecular flexibility index (Phi) is 7.46. The summed E-state index contributed by atoms with van der Waals surface area (Å²) in [5.41, 5.74) is 1.45. The van der Waals surface area contributed by atoms with E-state index in [9.17, 15) is 9.59 Å². The SMILES string of the molecule is O=C(CC1CCC(c2ccccc2)CC1)NC1CCN(C(=O)C2CCCCC2)CC1. The summed E-state index contributed by atoms with van der Waals surface area (Å²) in [6.45, 7) is 1.62. The lowest BCUT2D eigenvalue weighted by molar-refractivity contribution is -0.137. The Morgan fingerprint density at radius 2 is 1.50 bits per heavy atom. The highest BCUT2D eigenvalue weighted by atomic mass is 16.2. The highest BCUT2D eigenvalue weighted by Crippen LogP contribution is 2.37. The molecule has 1 aliphatic heterocycles. The van der Waals surface area contributed by atoms with Gasteiger partial charge in [0.25, 0.3) is 0 Å². The average Bonchev–Trinajstić information content (AvgIpc) is 2.81. The van der Waals surface area contributed by atoms with E-state index >= 15 is 0 Å². The summed E-state index contributed by atoms with van der Waals surface area (Å²) in [6, 6.07) is 11.1. The molecule has 4 heteroatoms. The lowest BCUT2D eigenvalue weighted by Gasteiger charge is -2.35. The molecular weight excluding hydrogens is 372 g/mol. The quantitative estimate of drug-likeness (QED) is 0.739. The van der Waals surface area contributed by atoms with E-state index in [1.165, 1.54) is 37.7 Å². The van der Waals surface area contributed by atoms with Crippen molar-refractivity contribution in [3.63, 3.8) is 0 Å². The number of amides is 2. The van der Waals surface area contributed by atoms with Crippen LogP contribution in [-0.2, 0) is 9.59 Å². The summed E-state index contributed by atoms with van der Waals surface area (Å²) in [4.78, 5) is 27.4. The predicted octanol–water partition coefficient (Wildman–Crippen LogP) is 5.04. The first-order chi connectivity index (χ1) is 14.7. The Bertz CT molecular complexity index is 682. The topological polar surface area (TPSA) is 49.4 Å². The first-order valence-electron chi connectivity index (χ1n) is 12.3. The van der Waals surface area contributed by atoms with Gasteiger partial charge in [-0.25, -0.2) is 0 Å². The van der Waals surface area contributed by atoms with Gasteiger partial charge in [-0.15, -0.1) is 0 Å². The van der Waals surface area contributed by atoms with Gasteiger partial charge in [0, 0.05) is 31.5 Å². The van der Waals surface area contributed by atoms with Crippen LogP contribution >= 0.6 is 0 Å². The van der Waals surface area contributed by atoms with Crippen molar-refractivity contribution in [3.8, 4) is 0 Å². The van der Waals surface area contributed by atoms with E-state index in [0.717, 1.165) is 51.6 Å². The monoisotopic (exact) mass is 410 g/mol. The van der Waals surface area contributed by atoms with Gasteiger partial charge >= 0.3 is 0 Å². The average molecular weight is 411 g/mol. The molecule has 0 aromatic heterocycles. The molecule has 2 aliphatic carbocycles. The fraction of sp³-hybridized carbons (Fsp3) is 0.692. The molecule has 2 amide bonds. The van der Waals surface area contributed by atoms with E-state index in [4.69, 9.17) is 0 Å². The van der Waals surface area contributed by atoms with Crippen LogP contribution in [0.4, 0.5) is 0 Å². The van der Waals surface area contributed by atoms with Crippen LogP contribution < -0.4 is 5.32 Å². The minimum absolute atomic E-state index is 0.218. The zero-order valence-electron chi connectivity index (χ0n) is 18.4. The molecule has 3 aliphatic rings. The first kappa shape index (κ1) is 21.4. The summed E-state index contributed by atoms with van der Waals surface area (Å²) >= 11 is 0. The lowest BCUT2D eigenvalue weighted by atomic mass is 9.77. The second-order valence-corrected chi connectivity index (χ2v) is 9.83. The molecule has 1 heterocycles. The van der Waals surface area contributed by atoms with Crippen LogP contribution in [0.2, 0.25) is 0 Å². The number of nitrogens with one attached hydrogen (secondary N) is 1.